The summed E-state index contributed by atoms with van der Waals surface area (Å²) in [7, 11) is -4.53. The highest BCUT2D eigenvalue weighted by Crippen LogP contribution is 2.30. The number of oxime groups is 1. The predicted octanol–water partition coefficient (Wildman–Crippen LogP) is 1.65. The van der Waals surface area contributed by atoms with Gasteiger partial charge < -0.3 is 26.1 Å². The van der Waals surface area contributed by atoms with Gasteiger partial charge in [-0.1, -0.05) is 18.2 Å². The normalized spacial score (nSPS) is 12.6. The molecule has 0 saturated heterocycles. The number of aliphatic carboxylic acids is 1. The van der Waals surface area contributed by atoms with Crippen LogP contribution in [0.5, 0.6) is 5.75 Å². The molecule has 0 radical (unpaired) electrons. The summed E-state index contributed by atoms with van der Waals surface area (Å²) in [6, 6.07) is 7.63. The molecule has 0 aliphatic carbocycles. The lowest BCUT2D eigenvalue weighted by atomic mass is 10.1. The van der Waals surface area contributed by atoms with E-state index in [9.17, 15) is 31.5 Å². The smallest absolute Gasteiger partial charge is 0.416 e. The number of rotatable bonds is 12. The topological polar surface area (TPSA) is 166 Å². The molecule has 0 heterocycles. The number of nitrogens with zero attached hydrogens (tertiary/aromatic N) is 1. The number of halogens is 3. The molecule has 2 aromatic carbocycles. The summed E-state index contributed by atoms with van der Waals surface area (Å²) in [4.78, 5) is 15.7. The Labute approximate surface area is 193 Å². The van der Waals surface area contributed by atoms with Gasteiger partial charge in [0.25, 0.3) is 0 Å². The minimum atomic E-state index is -4.75. The van der Waals surface area contributed by atoms with Gasteiger partial charge in [-0.25, -0.2) is 8.42 Å². The Morgan fingerprint density at radius 3 is 2.38 bits per heavy atom. The number of sulfonamides is 1. The lowest BCUT2D eigenvalue weighted by molar-refractivity contribution is -0.139. The van der Waals surface area contributed by atoms with Crippen molar-refractivity contribution in [1.29, 1.82) is 0 Å². The van der Waals surface area contributed by atoms with E-state index in [1.807, 2.05) is 4.72 Å². The molecule has 2 aromatic rings. The van der Waals surface area contributed by atoms with Crippen molar-refractivity contribution < 1.29 is 41.1 Å². The standard InChI is InChI=1S/C20H23F3N4O6S/c21-20(22,23)14-3-1-4-16(12-14)34(30,31)27-17(18(28)29)11-13-5-7-15(8-6-13)32-9-2-10-33-26-19(24)25/h1,3-8,12,17,27H,2,9-11H2,(H,28,29)(H4,24,25,26)/t17-/m0/s1. The van der Waals surface area contributed by atoms with Gasteiger partial charge in [0.1, 0.15) is 18.4 Å². The fourth-order valence-electron chi connectivity index (χ4n) is 2.67. The van der Waals surface area contributed by atoms with E-state index in [0.29, 0.717) is 29.9 Å². The fourth-order valence-corrected chi connectivity index (χ4v) is 3.90. The first-order chi connectivity index (χ1) is 15.9. The third-order valence-electron chi connectivity index (χ3n) is 4.25. The molecule has 0 saturated carbocycles. The van der Waals surface area contributed by atoms with Crippen LogP contribution in [-0.2, 0) is 32.3 Å². The van der Waals surface area contributed by atoms with Crippen LogP contribution in [0.2, 0.25) is 0 Å². The van der Waals surface area contributed by atoms with Gasteiger partial charge in [-0.05, 0) is 47.5 Å². The third-order valence-corrected chi connectivity index (χ3v) is 5.72. The van der Waals surface area contributed by atoms with E-state index >= 15 is 0 Å². The highest BCUT2D eigenvalue weighted by Gasteiger charge is 2.32. The van der Waals surface area contributed by atoms with Gasteiger partial charge in [-0.15, -0.1) is 0 Å². The van der Waals surface area contributed by atoms with Crippen LogP contribution >= 0.6 is 0 Å². The van der Waals surface area contributed by atoms with Gasteiger partial charge in [0, 0.05) is 6.42 Å². The summed E-state index contributed by atoms with van der Waals surface area (Å²) in [6.07, 6.45) is -4.52. The van der Waals surface area contributed by atoms with Crippen molar-refractivity contribution in [2.45, 2.75) is 30.0 Å². The van der Waals surface area contributed by atoms with Crippen LogP contribution in [0.1, 0.15) is 17.5 Å². The van der Waals surface area contributed by atoms with Crippen LogP contribution in [0.4, 0.5) is 13.2 Å². The van der Waals surface area contributed by atoms with Gasteiger partial charge in [0.2, 0.25) is 16.0 Å². The maximum Gasteiger partial charge on any atom is 0.416 e. The number of ether oxygens (including phenoxy) is 1. The second-order valence-electron chi connectivity index (χ2n) is 6.94. The number of hydrogen-bond donors (Lipinski definition) is 4. The summed E-state index contributed by atoms with van der Waals surface area (Å²) in [5.74, 6) is -1.22. The Bertz CT molecular complexity index is 1100. The molecule has 2 rings (SSSR count). The number of carbonyl (C=O) groups is 1. The minimum Gasteiger partial charge on any atom is -0.493 e. The zero-order chi connectivity index (χ0) is 25.4. The molecule has 0 fully saturated rings. The summed E-state index contributed by atoms with van der Waals surface area (Å²) in [5.41, 5.74) is 9.51. The molecule has 0 spiro atoms. The molecular weight excluding hydrogens is 481 g/mol. The van der Waals surface area contributed by atoms with Crippen LogP contribution in [0.3, 0.4) is 0 Å². The van der Waals surface area contributed by atoms with Gasteiger partial charge in [-0.3, -0.25) is 4.79 Å². The Hall–Kier alpha value is -3.52. The average Bonchev–Trinajstić information content (AvgIpc) is 2.76. The molecule has 10 nitrogen and oxygen atoms in total. The highest BCUT2D eigenvalue weighted by molar-refractivity contribution is 7.89. The molecule has 0 aliphatic heterocycles. The maximum atomic E-state index is 12.9. The number of hydrogen-bond acceptors (Lipinski definition) is 6. The van der Waals surface area contributed by atoms with Crippen LogP contribution < -0.4 is 20.9 Å². The SMILES string of the molecule is NC(N)=NOCCCOc1ccc(C[C@H](NS(=O)(=O)c2cccc(C(F)(F)F)c2)C(=O)O)cc1. The first-order valence-corrected chi connectivity index (χ1v) is 11.2. The van der Waals surface area contributed by atoms with Crippen LogP contribution in [0.25, 0.3) is 0 Å². The van der Waals surface area contributed by atoms with Crippen LogP contribution in [-0.4, -0.2) is 44.7 Å². The number of carboxylic acid groups (broad SMARTS) is 1. The number of benzene rings is 2. The largest absolute Gasteiger partial charge is 0.493 e. The van der Waals surface area contributed by atoms with Crippen molar-refractivity contribution in [3.05, 3.63) is 59.7 Å². The van der Waals surface area contributed by atoms with Gasteiger partial charge in [-0.2, -0.15) is 17.9 Å². The zero-order valence-electron chi connectivity index (χ0n) is 17.7. The Morgan fingerprint density at radius 2 is 1.79 bits per heavy atom. The zero-order valence-corrected chi connectivity index (χ0v) is 18.5. The minimum absolute atomic E-state index is 0.201. The van der Waals surface area contributed by atoms with E-state index in [1.165, 1.54) is 0 Å². The molecule has 0 aromatic heterocycles. The second kappa shape index (κ2) is 11.6. The molecule has 0 aliphatic rings. The number of alkyl halides is 3. The fraction of sp³-hybridized carbons (Fsp3) is 0.300. The Balaban J connectivity index is 2.00. The maximum absolute atomic E-state index is 12.9. The van der Waals surface area contributed by atoms with Crippen molar-refractivity contribution in [2.24, 2.45) is 16.6 Å². The molecule has 14 heteroatoms. The van der Waals surface area contributed by atoms with E-state index < -0.39 is 38.7 Å². The third kappa shape index (κ3) is 8.44. The molecule has 0 amide bonds. The monoisotopic (exact) mass is 504 g/mol. The number of nitrogens with two attached hydrogens (primary N) is 2. The predicted molar refractivity (Wildman–Crippen MR) is 115 cm³/mol. The van der Waals surface area contributed by atoms with Gasteiger partial charge >= 0.3 is 12.1 Å². The van der Waals surface area contributed by atoms with E-state index in [4.69, 9.17) is 21.0 Å². The van der Waals surface area contributed by atoms with Gasteiger partial charge in [0.15, 0.2) is 0 Å². The molecule has 186 valence electrons. The van der Waals surface area contributed by atoms with Crippen molar-refractivity contribution >= 4 is 22.0 Å². The lowest BCUT2D eigenvalue weighted by Crippen LogP contribution is -2.42. The summed E-state index contributed by atoms with van der Waals surface area (Å²) >= 11 is 0. The lowest BCUT2D eigenvalue weighted by Gasteiger charge is -2.16. The Morgan fingerprint density at radius 1 is 1.12 bits per heavy atom. The van der Waals surface area contributed by atoms with Crippen molar-refractivity contribution in [2.75, 3.05) is 13.2 Å². The van der Waals surface area contributed by atoms with Crippen molar-refractivity contribution in [3.63, 3.8) is 0 Å². The molecule has 0 unspecified atom stereocenters. The van der Waals surface area contributed by atoms with Crippen molar-refractivity contribution in [1.82, 2.24) is 4.72 Å². The van der Waals surface area contributed by atoms with E-state index in [-0.39, 0.29) is 25.6 Å². The average molecular weight is 504 g/mol. The number of guanidine groups is 1. The Kier molecular flexibility index (Phi) is 9.09. The highest BCUT2D eigenvalue weighted by atomic mass is 32.2. The molecule has 0 bridgehead atoms. The van der Waals surface area contributed by atoms with Crippen LogP contribution in [0, 0.1) is 0 Å². The van der Waals surface area contributed by atoms with Gasteiger partial charge in [0.05, 0.1) is 17.1 Å². The summed E-state index contributed by atoms with van der Waals surface area (Å²) in [5, 5.41) is 12.8. The quantitative estimate of drug-likeness (QED) is 0.147. The first kappa shape index (κ1) is 26.7. The summed E-state index contributed by atoms with van der Waals surface area (Å²) < 4.78 is 71.1. The number of nitrogens with one attached hydrogen (secondary N) is 1. The number of carboxylic acids is 1. The summed E-state index contributed by atoms with van der Waals surface area (Å²) in [6.45, 7) is 0.510. The van der Waals surface area contributed by atoms with E-state index in [1.54, 1.807) is 24.3 Å². The molecular formula is C20H23F3N4O6S. The van der Waals surface area contributed by atoms with E-state index in [2.05, 4.69) is 5.16 Å². The molecule has 34 heavy (non-hydrogen) atoms. The second-order valence-corrected chi connectivity index (χ2v) is 8.65. The van der Waals surface area contributed by atoms with Crippen LogP contribution in [0.15, 0.2) is 58.6 Å². The molecule has 1 atom stereocenters. The van der Waals surface area contributed by atoms with Crippen molar-refractivity contribution in [3.8, 4) is 5.75 Å². The van der Waals surface area contributed by atoms with E-state index in [0.717, 1.165) is 12.1 Å². The molecule has 6 N–H and O–H groups in total. The first-order valence-electron chi connectivity index (χ1n) is 9.73.